The Hall–Kier alpha value is -1.75. The first-order valence-corrected chi connectivity index (χ1v) is 5.84. The Balaban J connectivity index is 2.76. The molecule has 0 spiro atoms. The van der Waals surface area contributed by atoms with E-state index in [1.54, 1.807) is 18.2 Å². The molecule has 1 aromatic rings. The largest absolute Gasteiger partial charge is 0.495 e. The molecule has 4 N–H and O–H groups in total. The summed E-state index contributed by atoms with van der Waals surface area (Å²) in [5.41, 5.74) is 6.64. The number of aliphatic hydroxyl groups is 1. The molecule has 1 aromatic carbocycles. The SMILES string of the molecule is COc1ccc(C(=O)NC(C)C(C)CO)cc1N. The summed E-state index contributed by atoms with van der Waals surface area (Å²) in [6, 6.07) is 4.78. The number of nitrogens with two attached hydrogens (primary N) is 1. The predicted octanol–water partition coefficient (Wildman–Crippen LogP) is 1.02. The van der Waals surface area contributed by atoms with Gasteiger partial charge in [0, 0.05) is 18.2 Å². The van der Waals surface area contributed by atoms with Crippen molar-refractivity contribution in [3.05, 3.63) is 23.8 Å². The highest BCUT2D eigenvalue weighted by molar-refractivity contribution is 5.95. The van der Waals surface area contributed by atoms with Crippen molar-refractivity contribution < 1.29 is 14.6 Å². The van der Waals surface area contributed by atoms with Crippen LogP contribution in [0.3, 0.4) is 0 Å². The zero-order valence-electron chi connectivity index (χ0n) is 10.9. The molecule has 1 rings (SSSR count). The van der Waals surface area contributed by atoms with Crippen molar-refractivity contribution in [2.24, 2.45) is 5.92 Å². The number of nitrogens with one attached hydrogen (secondary N) is 1. The van der Waals surface area contributed by atoms with Gasteiger partial charge in [-0.1, -0.05) is 6.92 Å². The molecule has 0 saturated heterocycles. The smallest absolute Gasteiger partial charge is 0.251 e. The predicted molar refractivity (Wildman–Crippen MR) is 70.6 cm³/mol. The highest BCUT2D eigenvalue weighted by Gasteiger charge is 2.15. The lowest BCUT2D eigenvalue weighted by atomic mass is 10.0. The maximum absolute atomic E-state index is 11.9. The van der Waals surface area contributed by atoms with Gasteiger partial charge in [-0.05, 0) is 31.0 Å². The number of methoxy groups -OCH3 is 1. The van der Waals surface area contributed by atoms with Crippen LogP contribution in [0.15, 0.2) is 18.2 Å². The first-order chi connectivity index (χ1) is 8.49. The highest BCUT2D eigenvalue weighted by atomic mass is 16.5. The Kier molecular flexibility index (Phi) is 4.97. The number of carbonyl (C=O) groups is 1. The Morgan fingerprint density at radius 3 is 2.67 bits per heavy atom. The van der Waals surface area contributed by atoms with Gasteiger partial charge in [-0.2, -0.15) is 0 Å². The van der Waals surface area contributed by atoms with Crippen molar-refractivity contribution in [1.29, 1.82) is 0 Å². The molecule has 1 amide bonds. The lowest BCUT2D eigenvalue weighted by Gasteiger charge is -2.19. The molecule has 5 heteroatoms. The lowest BCUT2D eigenvalue weighted by Crippen LogP contribution is -2.38. The monoisotopic (exact) mass is 252 g/mol. The van der Waals surface area contributed by atoms with E-state index in [9.17, 15) is 4.79 Å². The molecule has 0 aliphatic carbocycles. The summed E-state index contributed by atoms with van der Waals surface area (Å²) in [5.74, 6) is 0.338. The van der Waals surface area contributed by atoms with E-state index >= 15 is 0 Å². The van der Waals surface area contributed by atoms with E-state index < -0.39 is 0 Å². The van der Waals surface area contributed by atoms with Crippen LogP contribution in [0.4, 0.5) is 5.69 Å². The van der Waals surface area contributed by atoms with Gasteiger partial charge in [-0.3, -0.25) is 4.79 Å². The fraction of sp³-hybridized carbons (Fsp3) is 0.462. The normalized spacial score (nSPS) is 13.8. The summed E-state index contributed by atoms with van der Waals surface area (Å²) in [4.78, 5) is 11.9. The number of hydrogen-bond donors (Lipinski definition) is 3. The number of nitrogen functional groups attached to an aromatic ring is 1. The number of aliphatic hydroxyl groups excluding tert-OH is 1. The van der Waals surface area contributed by atoms with Crippen molar-refractivity contribution in [2.45, 2.75) is 19.9 Å². The summed E-state index contributed by atoms with van der Waals surface area (Å²) >= 11 is 0. The van der Waals surface area contributed by atoms with E-state index in [0.717, 1.165) is 0 Å². The molecule has 100 valence electrons. The third-order valence-electron chi connectivity index (χ3n) is 2.99. The van der Waals surface area contributed by atoms with Gasteiger partial charge in [0.25, 0.3) is 5.91 Å². The average molecular weight is 252 g/mol. The molecule has 2 atom stereocenters. The minimum absolute atomic E-state index is 0.00421. The Bertz CT molecular complexity index is 421. The highest BCUT2D eigenvalue weighted by Crippen LogP contribution is 2.21. The first kappa shape index (κ1) is 14.3. The van der Waals surface area contributed by atoms with E-state index in [2.05, 4.69) is 5.32 Å². The molecule has 0 heterocycles. The second-order valence-corrected chi connectivity index (χ2v) is 4.38. The quantitative estimate of drug-likeness (QED) is 0.683. The van der Waals surface area contributed by atoms with E-state index in [0.29, 0.717) is 17.0 Å². The van der Waals surface area contributed by atoms with E-state index in [4.69, 9.17) is 15.6 Å². The van der Waals surface area contributed by atoms with Crippen molar-refractivity contribution >= 4 is 11.6 Å². The number of anilines is 1. The van der Waals surface area contributed by atoms with Gasteiger partial charge in [0.1, 0.15) is 5.75 Å². The summed E-state index contributed by atoms with van der Waals surface area (Å²) < 4.78 is 5.03. The number of benzene rings is 1. The second kappa shape index (κ2) is 6.26. The van der Waals surface area contributed by atoms with E-state index in [1.165, 1.54) is 7.11 Å². The summed E-state index contributed by atoms with van der Waals surface area (Å²) in [5, 5.41) is 11.8. The zero-order valence-corrected chi connectivity index (χ0v) is 10.9. The zero-order chi connectivity index (χ0) is 13.7. The fourth-order valence-corrected chi connectivity index (χ4v) is 1.47. The number of ether oxygens (including phenoxy) is 1. The Labute approximate surface area is 107 Å². The van der Waals surface area contributed by atoms with Gasteiger partial charge in [0.05, 0.1) is 12.8 Å². The van der Waals surface area contributed by atoms with E-state index in [1.807, 2.05) is 13.8 Å². The Morgan fingerprint density at radius 2 is 2.17 bits per heavy atom. The van der Waals surface area contributed by atoms with Gasteiger partial charge < -0.3 is 20.9 Å². The molecule has 0 saturated carbocycles. The number of amides is 1. The number of hydrogen-bond acceptors (Lipinski definition) is 4. The minimum atomic E-state index is -0.211. The summed E-state index contributed by atoms with van der Waals surface area (Å²) in [7, 11) is 1.52. The van der Waals surface area contributed by atoms with Crippen LogP contribution in [0.5, 0.6) is 5.75 Å². The van der Waals surface area contributed by atoms with Crippen molar-refractivity contribution in [1.82, 2.24) is 5.32 Å². The van der Waals surface area contributed by atoms with Crippen LogP contribution in [0, 0.1) is 5.92 Å². The van der Waals surface area contributed by atoms with Crippen molar-refractivity contribution in [3.8, 4) is 5.75 Å². The maximum Gasteiger partial charge on any atom is 0.251 e. The van der Waals surface area contributed by atoms with Gasteiger partial charge in [0.15, 0.2) is 0 Å². The molecule has 0 aromatic heterocycles. The number of rotatable bonds is 5. The molecule has 0 radical (unpaired) electrons. The molecule has 0 bridgehead atoms. The summed E-state index contributed by atoms with van der Waals surface area (Å²) in [6.07, 6.45) is 0. The van der Waals surface area contributed by atoms with Crippen LogP contribution in [0.2, 0.25) is 0 Å². The third-order valence-corrected chi connectivity index (χ3v) is 2.99. The van der Waals surface area contributed by atoms with Gasteiger partial charge in [-0.15, -0.1) is 0 Å². The molecule has 0 aliphatic rings. The molecular formula is C13H20N2O3. The van der Waals surface area contributed by atoms with Crippen LogP contribution in [-0.2, 0) is 0 Å². The van der Waals surface area contributed by atoms with Gasteiger partial charge in [-0.25, -0.2) is 0 Å². The first-order valence-electron chi connectivity index (χ1n) is 5.84. The average Bonchev–Trinajstić information content (AvgIpc) is 2.37. The lowest BCUT2D eigenvalue weighted by molar-refractivity contribution is 0.0916. The van der Waals surface area contributed by atoms with Gasteiger partial charge >= 0.3 is 0 Å². The topological polar surface area (TPSA) is 84.6 Å². The van der Waals surface area contributed by atoms with Gasteiger partial charge in [0.2, 0.25) is 0 Å². The van der Waals surface area contributed by atoms with E-state index in [-0.39, 0.29) is 24.5 Å². The van der Waals surface area contributed by atoms with Crippen LogP contribution >= 0.6 is 0 Å². The van der Waals surface area contributed by atoms with Crippen molar-refractivity contribution in [3.63, 3.8) is 0 Å². The van der Waals surface area contributed by atoms with Crippen molar-refractivity contribution in [2.75, 3.05) is 19.5 Å². The van der Waals surface area contributed by atoms with Crippen LogP contribution in [0.1, 0.15) is 24.2 Å². The molecule has 0 fully saturated rings. The third kappa shape index (κ3) is 3.37. The molecular weight excluding hydrogens is 232 g/mol. The van der Waals surface area contributed by atoms with Crippen LogP contribution in [0.25, 0.3) is 0 Å². The van der Waals surface area contributed by atoms with Crippen LogP contribution < -0.4 is 15.8 Å². The molecule has 0 aliphatic heterocycles. The molecule has 2 unspecified atom stereocenters. The minimum Gasteiger partial charge on any atom is -0.495 e. The molecule has 5 nitrogen and oxygen atoms in total. The molecule has 18 heavy (non-hydrogen) atoms. The second-order valence-electron chi connectivity index (χ2n) is 4.38. The fourth-order valence-electron chi connectivity index (χ4n) is 1.47. The Morgan fingerprint density at radius 1 is 1.50 bits per heavy atom. The number of carbonyl (C=O) groups excluding carboxylic acids is 1. The maximum atomic E-state index is 11.9. The standard InChI is InChI=1S/C13H20N2O3/c1-8(7-16)9(2)15-13(17)10-4-5-12(18-3)11(14)6-10/h4-6,8-9,16H,7,14H2,1-3H3,(H,15,17). The van der Waals surface area contributed by atoms with Crippen LogP contribution in [-0.4, -0.2) is 30.8 Å². The summed E-state index contributed by atoms with van der Waals surface area (Å²) in [6.45, 7) is 3.76.